The van der Waals surface area contributed by atoms with Crippen molar-refractivity contribution < 1.29 is 14.6 Å². The average Bonchev–Trinajstić information content (AvgIpc) is 2.74. The number of ether oxygens (including phenoxy) is 1. The van der Waals surface area contributed by atoms with Crippen LogP contribution in [-0.2, 0) is 11.2 Å². The minimum Gasteiger partial charge on any atom is -0.492 e. The highest BCUT2D eigenvalue weighted by molar-refractivity contribution is 5.75. The normalized spacial score (nSPS) is 17.5. The lowest BCUT2D eigenvalue weighted by Gasteiger charge is -2.37. The van der Waals surface area contributed by atoms with Crippen LogP contribution in [0.25, 0.3) is 0 Å². The Morgan fingerprint density at radius 1 is 1.23 bits per heavy atom. The van der Waals surface area contributed by atoms with Gasteiger partial charge < -0.3 is 14.6 Å². The van der Waals surface area contributed by atoms with Crippen LogP contribution in [0.2, 0.25) is 0 Å². The molecule has 176 valence electrons. The lowest BCUT2D eigenvalue weighted by atomic mass is 9.69. The summed E-state index contributed by atoms with van der Waals surface area (Å²) in [4.78, 5) is 15.2. The number of aromatic nitrogens is 1. The van der Waals surface area contributed by atoms with Crippen LogP contribution in [0.3, 0.4) is 0 Å². The van der Waals surface area contributed by atoms with Crippen molar-refractivity contribution in [3.05, 3.63) is 23.5 Å². The molecule has 1 heterocycles. The van der Waals surface area contributed by atoms with Crippen molar-refractivity contribution >= 4 is 5.78 Å². The first-order chi connectivity index (χ1) is 14.4. The summed E-state index contributed by atoms with van der Waals surface area (Å²) in [6, 6.07) is 1.99. The third-order valence-electron chi connectivity index (χ3n) is 5.36. The summed E-state index contributed by atoms with van der Waals surface area (Å²) in [5, 5.41) is 8.76. The fourth-order valence-corrected chi connectivity index (χ4v) is 3.15. The molecule has 0 radical (unpaired) electrons. The summed E-state index contributed by atoms with van der Waals surface area (Å²) in [5.74, 6) is 3.44. The van der Waals surface area contributed by atoms with Gasteiger partial charge in [0.15, 0.2) is 0 Å². The highest BCUT2D eigenvalue weighted by atomic mass is 16.5. The third kappa shape index (κ3) is 13.0. The molecular weight excluding hydrogens is 374 g/mol. The Morgan fingerprint density at radius 2 is 1.83 bits per heavy atom. The number of Topliss-reactive ketones (excluding diaryl/α,β-unsaturated/α-hetero) is 1. The van der Waals surface area contributed by atoms with Crippen molar-refractivity contribution in [2.45, 2.75) is 101 Å². The van der Waals surface area contributed by atoms with Crippen molar-refractivity contribution in [3.8, 4) is 5.75 Å². The van der Waals surface area contributed by atoms with Gasteiger partial charge in [0.2, 0.25) is 0 Å². The quantitative estimate of drug-likeness (QED) is 0.474. The monoisotopic (exact) mass is 423 g/mol. The number of aliphatic hydroxyl groups excluding tert-OH is 1. The third-order valence-corrected chi connectivity index (χ3v) is 5.36. The SMILES string of the molecule is CC.CC.CCC(C)C1CC(CO)C1.CCCOc1cnc(C)c(CCC(C)=O)c1. The molecule has 30 heavy (non-hydrogen) atoms. The first kappa shape index (κ1) is 30.8. The number of aliphatic hydroxyl groups is 1. The van der Waals surface area contributed by atoms with E-state index >= 15 is 0 Å². The van der Waals surface area contributed by atoms with E-state index in [1.807, 2.05) is 40.7 Å². The van der Waals surface area contributed by atoms with Gasteiger partial charge in [0.05, 0.1) is 12.8 Å². The standard InChI is InChI=1S/C13H19NO2.C9H18O.2C2H6/c1-4-7-16-13-8-12(6-5-10(2)15)11(3)14-9-13;1-3-7(2)9-4-8(5-9)6-10;2*1-2/h8-9H,4-7H2,1-3H3;7-10H,3-6H2,1-2H3;2*1-2H3. The van der Waals surface area contributed by atoms with Gasteiger partial charge in [-0.1, -0.05) is 54.9 Å². The van der Waals surface area contributed by atoms with Crippen LogP contribution < -0.4 is 4.74 Å². The number of nitrogens with zero attached hydrogens (tertiary/aromatic N) is 1. The highest BCUT2D eigenvalue weighted by Gasteiger charge is 2.31. The minimum absolute atomic E-state index is 0.208. The Hall–Kier alpha value is -1.42. The number of hydrogen-bond acceptors (Lipinski definition) is 4. The molecule has 1 atom stereocenters. The molecule has 0 spiro atoms. The smallest absolute Gasteiger partial charge is 0.137 e. The van der Waals surface area contributed by atoms with E-state index in [0.29, 0.717) is 25.6 Å². The van der Waals surface area contributed by atoms with Crippen molar-refractivity contribution in [3.63, 3.8) is 0 Å². The molecule has 0 aliphatic heterocycles. The number of aryl methyl sites for hydroxylation is 2. The fraction of sp³-hybridized carbons (Fsp3) is 0.769. The predicted molar refractivity (Wildman–Crippen MR) is 129 cm³/mol. The molecule has 4 heteroatoms. The first-order valence-electron chi connectivity index (χ1n) is 12.1. The molecule has 0 amide bonds. The maximum absolute atomic E-state index is 10.9. The second kappa shape index (κ2) is 19.5. The zero-order valence-electron chi connectivity index (χ0n) is 21.3. The first-order valence-corrected chi connectivity index (χ1v) is 12.1. The second-order valence-corrected chi connectivity index (χ2v) is 7.63. The number of ketones is 1. The molecule has 1 aromatic rings. The van der Waals surface area contributed by atoms with Crippen molar-refractivity contribution in [1.82, 2.24) is 4.98 Å². The molecule has 2 rings (SSSR count). The summed E-state index contributed by atoms with van der Waals surface area (Å²) < 4.78 is 5.51. The maximum Gasteiger partial charge on any atom is 0.137 e. The van der Waals surface area contributed by atoms with Crippen LogP contribution in [0.15, 0.2) is 12.3 Å². The Labute approximate surface area is 186 Å². The Kier molecular flexibility index (Phi) is 20.0. The summed E-state index contributed by atoms with van der Waals surface area (Å²) in [5.41, 5.74) is 2.08. The van der Waals surface area contributed by atoms with E-state index in [-0.39, 0.29) is 5.78 Å². The molecular formula is C26H49NO3. The van der Waals surface area contributed by atoms with Gasteiger partial charge in [-0.25, -0.2) is 0 Å². The summed E-state index contributed by atoms with van der Waals surface area (Å²) >= 11 is 0. The Bertz CT molecular complexity index is 539. The molecule has 0 aromatic carbocycles. The molecule has 1 saturated carbocycles. The molecule has 0 bridgehead atoms. The van der Waals surface area contributed by atoms with E-state index in [4.69, 9.17) is 9.84 Å². The van der Waals surface area contributed by atoms with Gasteiger partial charge >= 0.3 is 0 Å². The average molecular weight is 424 g/mol. The molecule has 1 unspecified atom stereocenters. The zero-order valence-corrected chi connectivity index (χ0v) is 21.3. The predicted octanol–water partition coefficient (Wildman–Crippen LogP) is 6.80. The molecule has 0 saturated heterocycles. The fourth-order valence-electron chi connectivity index (χ4n) is 3.15. The van der Waals surface area contributed by atoms with Crippen molar-refractivity contribution in [1.29, 1.82) is 0 Å². The van der Waals surface area contributed by atoms with E-state index < -0.39 is 0 Å². The second-order valence-electron chi connectivity index (χ2n) is 7.63. The van der Waals surface area contributed by atoms with Crippen LogP contribution in [0.5, 0.6) is 5.75 Å². The molecule has 1 N–H and O–H groups in total. The highest BCUT2D eigenvalue weighted by Crippen LogP contribution is 2.39. The van der Waals surface area contributed by atoms with Crippen LogP contribution in [-0.4, -0.2) is 29.1 Å². The van der Waals surface area contributed by atoms with Crippen LogP contribution in [0.4, 0.5) is 0 Å². The summed E-state index contributed by atoms with van der Waals surface area (Å²) in [6.07, 6.45) is 7.87. The molecule has 1 aliphatic rings. The van der Waals surface area contributed by atoms with Crippen LogP contribution in [0, 0.1) is 24.7 Å². The van der Waals surface area contributed by atoms with Crippen molar-refractivity contribution in [2.75, 3.05) is 13.2 Å². The van der Waals surface area contributed by atoms with Crippen LogP contribution in [0.1, 0.15) is 98.8 Å². The maximum atomic E-state index is 10.9. The minimum atomic E-state index is 0.208. The van der Waals surface area contributed by atoms with E-state index in [9.17, 15) is 4.79 Å². The number of hydrogen-bond donors (Lipinski definition) is 1. The summed E-state index contributed by atoms with van der Waals surface area (Å²) in [7, 11) is 0. The van der Waals surface area contributed by atoms with Gasteiger partial charge in [-0.3, -0.25) is 4.98 Å². The molecule has 1 fully saturated rings. The van der Waals surface area contributed by atoms with Gasteiger partial charge in [0, 0.05) is 18.7 Å². The number of pyridine rings is 1. The van der Waals surface area contributed by atoms with Gasteiger partial charge in [-0.05, 0) is 68.9 Å². The largest absolute Gasteiger partial charge is 0.492 e. The Balaban J connectivity index is 0. The molecule has 1 aliphatic carbocycles. The number of rotatable bonds is 9. The van der Waals surface area contributed by atoms with E-state index in [0.717, 1.165) is 41.7 Å². The van der Waals surface area contributed by atoms with Gasteiger partial charge in [-0.15, -0.1) is 0 Å². The Morgan fingerprint density at radius 3 is 2.30 bits per heavy atom. The topological polar surface area (TPSA) is 59.4 Å². The van der Waals surface area contributed by atoms with Crippen molar-refractivity contribution in [2.24, 2.45) is 17.8 Å². The van der Waals surface area contributed by atoms with Crippen LogP contribution >= 0.6 is 0 Å². The molecule has 1 aromatic heterocycles. The summed E-state index contributed by atoms with van der Waals surface area (Å²) in [6.45, 7) is 19.3. The van der Waals surface area contributed by atoms with E-state index in [1.165, 1.54) is 19.3 Å². The lowest BCUT2D eigenvalue weighted by molar-refractivity contribution is -0.116. The molecule has 4 nitrogen and oxygen atoms in total. The zero-order chi connectivity index (χ0) is 23.5. The van der Waals surface area contributed by atoms with Gasteiger partial charge in [-0.2, -0.15) is 0 Å². The van der Waals surface area contributed by atoms with E-state index in [2.05, 4.69) is 25.8 Å². The van der Waals surface area contributed by atoms with E-state index in [1.54, 1.807) is 13.1 Å². The lowest BCUT2D eigenvalue weighted by Crippen LogP contribution is -2.30. The number of carbonyl (C=O) groups is 1. The number of carbonyl (C=O) groups excluding carboxylic acids is 1. The van der Waals surface area contributed by atoms with Gasteiger partial charge in [0.1, 0.15) is 11.5 Å². The van der Waals surface area contributed by atoms with Gasteiger partial charge in [0.25, 0.3) is 0 Å².